The van der Waals surface area contributed by atoms with Crippen molar-refractivity contribution in [3.8, 4) is 0 Å². The zero-order valence-corrected chi connectivity index (χ0v) is 14.3. The highest BCUT2D eigenvalue weighted by Gasteiger charge is 2.51. The van der Waals surface area contributed by atoms with Gasteiger partial charge in [0.1, 0.15) is 0 Å². The first-order valence-corrected chi connectivity index (χ1v) is 8.76. The molecule has 3 rings (SSSR count). The van der Waals surface area contributed by atoms with E-state index in [1.165, 1.54) is 16.7 Å². The zero-order valence-electron chi connectivity index (χ0n) is 14.3. The number of likely N-dealkylation sites (tertiary alicyclic amines) is 1. The van der Waals surface area contributed by atoms with Crippen LogP contribution in [0.15, 0.2) is 36.4 Å². The molecule has 0 aromatic heterocycles. The Balaban J connectivity index is 1.58. The molecule has 124 valence electrons. The van der Waals surface area contributed by atoms with Gasteiger partial charge in [-0.1, -0.05) is 49.8 Å². The summed E-state index contributed by atoms with van der Waals surface area (Å²) in [6.45, 7) is 10.7. The molecule has 23 heavy (non-hydrogen) atoms. The Kier molecular flexibility index (Phi) is 4.74. The number of hydrogen-bond acceptors (Lipinski definition) is 2. The van der Waals surface area contributed by atoms with Crippen LogP contribution < -0.4 is 0 Å². The molecular formula is C20H27NO2. The van der Waals surface area contributed by atoms with Gasteiger partial charge >= 0.3 is 6.09 Å². The predicted molar refractivity (Wildman–Crippen MR) is 92.3 cm³/mol. The average molecular weight is 313 g/mol. The van der Waals surface area contributed by atoms with Crippen LogP contribution in [0.5, 0.6) is 0 Å². The number of carbonyl (C=O) groups is 1. The Morgan fingerprint density at radius 2 is 2.13 bits per heavy atom. The minimum absolute atomic E-state index is 0.143. The largest absolute Gasteiger partial charge is 0.449 e. The van der Waals surface area contributed by atoms with Gasteiger partial charge in [0.2, 0.25) is 0 Å². The quantitative estimate of drug-likeness (QED) is 0.602. The minimum Gasteiger partial charge on any atom is -0.449 e. The van der Waals surface area contributed by atoms with Crippen LogP contribution in [-0.2, 0) is 11.2 Å². The third-order valence-corrected chi connectivity index (χ3v) is 5.52. The van der Waals surface area contributed by atoms with Crippen LogP contribution >= 0.6 is 0 Å². The van der Waals surface area contributed by atoms with Crippen molar-refractivity contribution in [1.29, 1.82) is 0 Å². The van der Waals surface area contributed by atoms with E-state index < -0.39 is 0 Å². The van der Waals surface area contributed by atoms with E-state index in [1.54, 1.807) is 0 Å². The number of aryl methyl sites for hydroxylation is 1. The molecule has 2 fully saturated rings. The summed E-state index contributed by atoms with van der Waals surface area (Å²) >= 11 is 0. The molecule has 3 atom stereocenters. The number of unbranched alkanes of at least 4 members (excludes halogenated alkanes) is 1. The molecule has 0 N–H and O–H groups in total. The number of hydrogen-bond donors (Lipinski definition) is 0. The Hall–Kier alpha value is -1.77. The zero-order chi connectivity index (χ0) is 16.4. The summed E-state index contributed by atoms with van der Waals surface area (Å²) in [7, 11) is 0. The van der Waals surface area contributed by atoms with Crippen molar-refractivity contribution in [1.82, 2.24) is 4.90 Å². The fraction of sp³-hybridized carbons (Fsp3) is 0.550. The molecular weight excluding hydrogens is 286 g/mol. The van der Waals surface area contributed by atoms with Gasteiger partial charge in [0.25, 0.3) is 0 Å². The van der Waals surface area contributed by atoms with Crippen molar-refractivity contribution >= 4 is 6.09 Å². The lowest BCUT2D eigenvalue weighted by Gasteiger charge is -2.42. The van der Waals surface area contributed by atoms with Crippen LogP contribution in [0.25, 0.3) is 0 Å². The number of nitrogens with zero attached hydrogens (tertiary/aromatic N) is 1. The molecule has 1 aromatic carbocycles. The van der Waals surface area contributed by atoms with Crippen LogP contribution in [0, 0.1) is 24.7 Å². The first-order chi connectivity index (χ1) is 11.1. The lowest BCUT2D eigenvalue weighted by atomic mass is 9.61. The maximum atomic E-state index is 12.1. The highest BCUT2D eigenvalue weighted by atomic mass is 16.6. The van der Waals surface area contributed by atoms with Crippen LogP contribution in [0.1, 0.15) is 30.9 Å². The summed E-state index contributed by atoms with van der Waals surface area (Å²) in [6, 6.07) is 8.57. The van der Waals surface area contributed by atoms with Crippen LogP contribution in [-0.4, -0.2) is 30.7 Å². The van der Waals surface area contributed by atoms with Gasteiger partial charge in [-0.05, 0) is 42.7 Å². The monoisotopic (exact) mass is 313 g/mol. The molecule has 1 aromatic rings. The van der Waals surface area contributed by atoms with Crippen molar-refractivity contribution in [2.24, 2.45) is 17.8 Å². The summed E-state index contributed by atoms with van der Waals surface area (Å²) in [6.07, 6.45) is 2.89. The van der Waals surface area contributed by atoms with E-state index in [0.717, 1.165) is 32.4 Å². The SMILES string of the molecule is C=C1C(Cc2ccccc2C)C2CN(C(=O)OCCCC)CC12. The van der Waals surface area contributed by atoms with Crippen molar-refractivity contribution < 1.29 is 9.53 Å². The third-order valence-electron chi connectivity index (χ3n) is 5.52. The van der Waals surface area contributed by atoms with E-state index in [9.17, 15) is 4.79 Å². The van der Waals surface area contributed by atoms with Gasteiger partial charge in [-0.3, -0.25) is 0 Å². The van der Waals surface area contributed by atoms with Crippen molar-refractivity contribution in [3.05, 3.63) is 47.5 Å². The first-order valence-electron chi connectivity index (χ1n) is 8.76. The smallest absolute Gasteiger partial charge is 0.409 e. The normalized spacial score (nSPS) is 25.9. The number of rotatable bonds is 5. The maximum Gasteiger partial charge on any atom is 0.409 e. The van der Waals surface area contributed by atoms with E-state index in [4.69, 9.17) is 4.74 Å². The Morgan fingerprint density at radius 3 is 2.87 bits per heavy atom. The molecule has 1 saturated carbocycles. The van der Waals surface area contributed by atoms with Gasteiger partial charge in [-0.25, -0.2) is 4.79 Å². The van der Waals surface area contributed by atoms with E-state index in [1.807, 2.05) is 4.90 Å². The lowest BCUT2D eigenvalue weighted by molar-refractivity contribution is 0.108. The second-order valence-corrected chi connectivity index (χ2v) is 6.96. The average Bonchev–Trinajstić information content (AvgIpc) is 2.95. The van der Waals surface area contributed by atoms with E-state index >= 15 is 0 Å². The topological polar surface area (TPSA) is 29.5 Å². The lowest BCUT2D eigenvalue weighted by Crippen LogP contribution is -2.39. The number of ether oxygens (including phenoxy) is 1. The molecule has 0 radical (unpaired) electrons. The number of benzene rings is 1. The van der Waals surface area contributed by atoms with Gasteiger partial charge in [0.15, 0.2) is 0 Å². The molecule has 1 saturated heterocycles. The molecule has 1 aliphatic carbocycles. The van der Waals surface area contributed by atoms with E-state index in [-0.39, 0.29) is 6.09 Å². The van der Waals surface area contributed by atoms with Crippen LogP contribution in [0.2, 0.25) is 0 Å². The second kappa shape index (κ2) is 6.77. The fourth-order valence-electron chi connectivity index (χ4n) is 3.96. The van der Waals surface area contributed by atoms with Crippen LogP contribution in [0.4, 0.5) is 4.79 Å². The summed E-state index contributed by atoms with van der Waals surface area (Å²) in [5, 5.41) is 0. The molecule has 1 heterocycles. The predicted octanol–water partition coefficient (Wildman–Crippen LogP) is 4.21. The fourth-order valence-corrected chi connectivity index (χ4v) is 3.96. The van der Waals surface area contributed by atoms with Gasteiger partial charge in [-0.15, -0.1) is 0 Å². The molecule has 1 amide bonds. The Bertz CT molecular complexity index is 595. The highest BCUT2D eigenvalue weighted by molar-refractivity contribution is 5.68. The maximum absolute atomic E-state index is 12.1. The standard InChI is InChI=1S/C20H27NO2/c1-4-5-10-23-20(22)21-12-18-15(3)17(19(18)13-21)11-16-9-7-6-8-14(16)2/h6-9,17-19H,3-5,10-13H2,1-2H3. The molecule has 3 unspecified atom stereocenters. The summed E-state index contributed by atoms with van der Waals surface area (Å²) < 4.78 is 5.36. The Labute approximate surface area is 139 Å². The number of amides is 1. The van der Waals surface area contributed by atoms with Crippen LogP contribution in [0.3, 0.4) is 0 Å². The summed E-state index contributed by atoms with van der Waals surface area (Å²) in [5.74, 6) is 1.54. The van der Waals surface area contributed by atoms with Gasteiger partial charge in [0, 0.05) is 19.0 Å². The second-order valence-electron chi connectivity index (χ2n) is 6.96. The molecule has 2 aliphatic rings. The van der Waals surface area contributed by atoms with E-state index in [0.29, 0.717) is 24.4 Å². The summed E-state index contributed by atoms with van der Waals surface area (Å²) in [4.78, 5) is 14.0. The molecule has 3 heteroatoms. The first kappa shape index (κ1) is 16.1. The minimum atomic E-state index is -0.143. The van der Waals surface area contributed by atoms with Gasteiger partial charge < -0.3 is 9.64 Å². The highest BCUT2D eigenvalue weighted by Crippen LogP contribution is 2.50. The van der Waals surface area contributed by atoms with Crippen molar-refractivity contribution in [2.75, 3.05) is 19.7 Å². The third kappa shape index (κ3) is 3.15. The molecule has 0 bridgehead atoms. The van der Waals surface area contributed by atoms with Crippen molar-refractivity contribution in [2.45, 2.75) is 33.1 Å². The molecule has 0 spiro atoms. The molecule has 3 nitrogen and oxygen atoms in total. The molecule has 1 aliphatic heterocycles. The number of fused-ring (bicyclic) bond motifs is 1. The van der Waals surface area contributed by atoms with E-state index in [2.05, 4.69) is 44.7 Å². The number of carbonyl (C=O) groups excluding carboxylic acids is 1. The van der Waals surface area contributed by atoms with Gasteiger partial charge in [-0.2, -0.15) is 0 Å². The Morgan fingerprint density at radius 1 is 1.35 bits per heavy atom. The van der Waals surface area contributed by atoms with Gasteiger partial charge in [0.05, 0.1) is 6.61 Å². The van der Waals surface area contributed by atoms with Crippen molar-refractivity contribution in [3.63, 3.8) is 0 Å². The summed E-state index contributed by atoms with van der Waals surface area (Å²) in [5.41, 5.74) is 4.07.